The van der Waals surface area contributed by atoms with Gasteiger partial charge in [0.25, 0.3) is 5.91 Å². The number of imidazole rings is 1. The number of aromatic amines is 1. The standard InChI is InChI=1S/C21H25N7O5S/c1-31-6-7-32-8-9-33-12-18(29)28-4-2-14(3-5-28)20-24-17(13-34-20)19(30)27-21-25-15(10-22)16(11-23)26-21/h13-14H,2-9,12H2,1H3,(H2,25,26,27,30). The molecule has 0 unspecified atom stereocenters. The summed E-state index contributed by atoms with van der Waals surface area (Å²) in [5.74, 6) is -0.365. The number of piperidine rings is 1. The molecular formula is C21H25N7O5S. The second-order valence-corrected chi connectivity index (χ2v) is 8.26. The number of likely N-dealkylation sites (tertiary alicyclic amines) is 1. The maximum Gasteiger partial charge on any atom is 0.277 e. The molecule has 1 aliphatic heterocycles. The van der Waals surface area contributed by atoms with Gasteiger partial charge in [-0.05, 0) is 12.8 Å². The minimum Gasteiger partial charge on any atom is -0.382 e. The van der Waals surface area contributed by atoms with Gasteiger partial charge in [-0.1, -0.05) is 0 Å². The maximum absolute atomic E-state index is 12.5. The predicted octanol–water partition coefficient (Wildman–Crippen LogP) is 1.25. The molecule has 0 radical (unpaired) electrons. The summed E-state index contributed by atoms with van der Waals surface area (Å²) < 4.78 is 15.6. The SMILES string of the molecule is COCCOCCOCC(=O)N1CCC(c2nc(C(=O)Nc3nc(C#N)c(C#N)[nH]3)cs2)CC1. The number of nitrogens with one attached hydrogen (secondary N) is 2. The number of nitriles is 2. The Balaban J connectivity index is 1.42. The van der Waals surface area contributed by atoms with Crippen molar-refractivity contribution in [2.75, 3.05) is 58.6 Å². The van der Waals surface area contributed by atoms with Crippen molar-refractivity contribution in [1.29, 1.82) is 10.5 Å². The van der Waals surface area contributed by atoms with Crippen molar-refractivity contribution < 1.29 is 23.8 Å². The molecule has 0 bridgehead atoms. The molecular weight excluding hydrogens is 462 g/mol. The fourth-order valence-electron chi connectivity index (χ4n) is 3.33. The third-order valence-electron chi connectivity index (χ3n) is 5.13. The van der Waals surface area contributed by atoms with Crippen molar-refractivity contribution in [3.63, 3.8) is 0 Å². The maximum atomic E-state index is 12.5. The molecule has 0 spiro atoms. The zero-order chi connectivity index (χ0) is 24.3. The van der Waals surface area contributed by atoms with E-state index in [1.165, 1.54) is 11.3 Å². The highest BCUT2D eigenvalue weighted by Gasteiger charge is 2.26. The van der Waals surface area contributed by atoms with Crippen LogP contribution >= 0.6 is 11.3 Å². The predicted molar refractivity (Wildman–Crippen MR) is 120 cm³/mol. The largest absolute Gasteiger partial charge is 0.382 e. The molecule has 2 amide bonds. The van der Waals surface area contributed by atoms with Crippen LogP contribution in [0, 0.1) is 22.7 Å². The van der Waals surface area contributed by atoms with Gasteiger partial charge in [0.15, 0.2) is 11.4 Å². The number of methoxy groups -OCH3 is 1. The van der Waals surface area contributed by atoms with E-state index >= 15 is 0 Å². The van der Waals surface area contributed by atoms with Gasteiger partial charge in [0.2, 0.25) is 11.9 Å². The Morgan fingerprint density at radius 3 is 2.59 bits per heavy atom. The van der Waals surface area contributed by atoms with Gasteiger partial charge in [-0.3, -0.25) is 14.9 Å². The summed E-state index contributed by atoms with van der Waals surface area (Å²) in [5, 5.41) is 22.9. The molecule has 0 aliphatic carbocycles. The Morgan fingerprint density at radius 2 is 1.91 bits per heavy atom. The number of H-pyrrole nitrogens is 1. The van der Waals surface area contributed by atoms with Gasteiger partial charge < -0.3 is 24.1 Å². The molecule has 0 saturated carbocycles. The van der Waals surface area contributed by atoms with Crippen LogP contribution in [0.3, 0.4) is 0 Å². The van der Waals surface area contributed by atoms with Crippen LogP contribution in [0.5, 0.6) is 0 Å². The average molecular weight is 488 g/mol. The Labute approximate surface area is 200 Å². The molecule has 12 nitrogen and oxygen atoms in total. The number of carbonyl (C=O) groups excluding carboxylic acids is 2. The lowest BCUT2D eigenvalue weighted by Crippen LogP contribution is -2.40. The van der Waals surface area contributed by atoms with Gasteiger partial charge in [0.05, 0.1) is 31.4 Å². The minimum absolute atomic E-state index is 0.0149. The van der Waals surface area contributed by atoms with E-state index in [-0.39, 0.29) is 41.5 Å². The molecule has 0 atom stereocenters. The third kappa shape index (κ3) is 6.82. The zero-order valence-electron chi connectivity index (χ0n) is 18.7. The highest BCUT2D eigenvalue weighted by Crippen LogP contribution is 2.30. The van der Waals surface area contributed by atoms with E-state index in [1.807, 2.05) is 6.07 Å². The van der Waals surface area contributed by atoms with Crippen molar-refractivity contribution in [2.24, 2.45) is 0 Å². The van der Waals surface area contributed by atoms with E-state index in [1.54, 1.807) is 23.5 Å². The number of rotatable bonds is 11. The van der Waals surface area contributed by atoms with Crippen molar-refractivity contribution in [3.05, 3.63) is 27.5 Å². The molecule has 1 aliphatic rings. The number of amides is 2. The molecule has 34 heavy (non-hydrogen) atoms. The Bertz CT molecular complexity index is 1030. The summed E-state index contributed by atoms with van der Waals surface area (Å²) in [6.45, 7) is 3.00. The molecule has 13 heteroatoms. The third-order valence-corrected chi connectivity index (χ3v) is 6.14. The van der Waals surface area contributed by atoms with Crippen LogP contribution in [0.4, 0.5) is 5.95 Å². The second kappa shape index (κ2) is 12.8. The topological polar surface area (TPSA) is 166 Å². The lowest BCUT2D eigenvalue weighted by molar-refractivity contribution is -0.137. The Kier molecular flexibility index (Phi) is 9.49. The van der Waals surface area contributed by atoms with Crippen molar-refractivity contribution in [1.82, 2.24) is 19.9 Å². The summed E-state index contributed by atoms with van der Waals surface area (Å²) >= 11 is 1.39. The van der Waals surface area contributed by atoms with Crippen LogP contribution in [-0.2, 0) is 19.0 Å². The molecule has 1 fully saturated rings. The first-order chi connectivity index (χ1) is 16.5. The highest BCUT2D eigenvalue weighted by molar-refractivity contribution is 7.10. The zero-order valence-corrected chi connectivity index (χ0v) is 19.5. The highest BCUT2D eigenvalue weighted by atomic mass is 32.1. The fourth-order valence-corrected chi connectivity index (χ4v) is 4.31. The van der Waals surface area contributed by atoms with Gasteiger partial charge >= 0.3 is 0 Å². The van der Waals surface area contributed by atoms with E-state index in [4.69, 9.17) is 24.7 Å². The van der Waals surface area contributed by atoms with Crippen LogP contribution < -0.4 is 5.32 Å². The van der Waals surface area contributed by atoms with E-state index in [2.05, 4.69) is 20.3 Å². The molecule has 180 valence electrons. The van der Waals surface area contributed by atoms with Crippen LogP contribution in [0.25, 0.3) is 0 Å². The normalized spacial score (nSPS) is 13.9. The van der Waals surface area contributed by atoms with Crippen molar-refractivity contribution in [2.45, 2.75) is 18.8 Å². The molecule has 0 aromatic carbocycles. The van der Waals surface area contributed by atoms with Crippen LogP contribution in [0.15, 0.2) is 5.38 Å². The van der Waals surface area contributed by atoms with Gasteiger partial charge in [-0.25, -0.2) is 9.97 Å². The van der Waals surface area contributed by atoms with Crippen molar-refractivity contribution in [3.8, 4) is 12.1 Å². The smallest absolute Gasteiger partial charge is 0.277 e. The summed E-state index contributed by atoms with van der Waals surface area (Å²) in [6, 6.07) is 3.60. The van der Waals surface area contributed by atoms with E-state index in [0.29, 0.717) is 39.5 Å². The molecule has 3 rings (SSSR count). The van der Waals surface area contributed by atoms with E-state index in [0.717, 1.165) is 17.8 Å². The van der Waals surface area contributed by atoms with E-state index < -0.39 is 5.91 Å². The molecule has 1 saturated heterocycles. The van der Waals surface area contributed by atoms with Gasteiger partial charge in [-0.15, -0.1) is 11.3 Å². The van der Waals surface area contributed by atoms with Gasteiger partial charge in [0.1, 0.15) is 24.4 Å². The molecule has 2 aromatic rings. The first-order valence-corrected chi connectivity index (χ1v) is 11.5. The summed E-state index contributed by atoms with van der Waals surface area (Å²) in [7, 11) is 1.61. The number of hydrogen-bond acceptors (Lipinski definition) is 10. The van der Waals surface area contributed by atoms with Crippen molar-refractivity contribution >= 4 is 29.1 Å². The van der Waals surface area contributed by atoms with Crippen LogP contribution in [0.1, 0.15) is 45.6 Å². The minimum atomic E-state index is -0.485. The van der Waals surface area contributed by atoms with Crippen LogP contribution in [0.2, 0.25) is 0 Å². The number of carbonyl (C=O) groups is 2. The number of anilines is 1. The number of ether oxygens (including phenoxy) is 3. The van der Waals surface area contributed by atoms with Gasteiger partial charge in [0, 0.05) is 31.5 Å². The summed E-state index contributed by atoms with van der Waals surface area (Å²) in [4.78, 5) is 37.5. The lowest BCUT2D eigenvalue weighted by atomic mass is 9.97. The molecule has 2 aromatic heterocycles. The van der Waals surface area contributed by atoms with E-state index in [9.17, 15) is 9.59 Å². The number of nitrogens with zero attached hydrogens (tertiary/aromatic N) is 5. The average Bonchev–Trinajstić information content (AvgIpc) is 3.50. The molecule has 3 heterocycles. The number of aromatic nitrogens is 3. The summed E-state index contributed by atoms with van der Waals surface area (Å²) in [5.41, 5.74) is 0.130. The monoisotopic (exact) mass is 487 g/mol. The molecule has 2 N–H and O–H groups in total. The van der Waals surface area contributed by atoms with Gasteiger partial charge in [-0.2, -0.15) is 10.5 Å². The lowest BCUT2D eigenvalue weighted by Gasteiger charge is -2.31. The fraction of sp³-hybridized carbons (Fsp3) is 0.524. The Morgan fingerprint density at radius 1 is 1.18 bits per heavy atom. The first-order valence-electron chi connectivity index (χ1n) is 10.6. The Hall–Kier alpha value is -3.36. The number of thiazole rings is 1. The summed E-state index contributed by atoms with van der Waals surface area (Å²) in [6.07, 6.45) is 1.49. The second-order valence-electron chi connectivity index (χ2n) is 7.37. The van der Waals surface area contributed by atoms with Crippen LogP contribution in [-0.4, -0.2) is 84.9 Å². The quantitative estimate of drug-likeness (QED) is 0.443. The first kappa shape index (κ1) is 25.3. The number of hydrogen-bond donors (Lipinski definition) is 2.